The van der Waals surface area contributed by atoms with E-state index in [4.69, 9.17) is 35.9 Å². The van der Waals surface area contributed by atoms with Crippen LogP contribution in [0.5, 0.6) is 11.5 Å². The van der Waals surface area contributed by atoms with E-state index in [1.165, 1.54) is 0 Å². The Kier molecular flexibility index (Phi) is 9.85. The zero-order valence-electron chi connectivity index (χ0n) is 22.6. The Morgan fingerprint density at radius 2 is 2.00 bits per heavy atom. The van der Waals surface area contributed by atoms with Crippen LogP contribution >= 0.6 is 39.3 Å². The summed E-state index contributed by atoms with van der Waals surface area (Å²) in [5, 5.41) is 9.35. The van der Waals surface area contributed by atoms with Crippen molar-refractivity contribution in [2.24, 2.45) is 0 Å². The van der Waals surface area contributed by atoms with Gasteiger partial charge in [-0.2, -0.15) is 4.98 Å². The highest BCUT2D eigenvalue weighted by atomic mass is 79.9. The Morgan fingerprint density at radius 3 is 2.67 bits per heavy atom. The number of nitrogens with one attached hydrogen (secondary N) is 1. The summed E-state index contributed by atoms with van der Waals surface area (Å²) in [5.74, 6) is 2.13. The number of carbonyl (C=O) groups excluding carboxylic acids is 1. The smallest absolute Gasteiger partial charge is 0.338 e. The van der Waals surface area contributed by atoms with E-state index in [0.717, 1.165) is 29.7 Å². The summed E-state index contributed by atoms with van der Waals surface area (Å²) >= 11 is 11.3. The molecule has 3 aromatic rings. The predicted octanol–water partition coefficient (Wildman–Crippen LogP) is 7.41. The number of allylic oxidation sites excluding steroid dienone is 1. The zero-order valence-corrected chi connectivity index (χ0v) is 25.7. The number of ether oxygens (including phenoxy) is 3. The fourth-order valence-corrected chi connectivity index (χ4v) is 5.74. The molecule has 208 valence electrons. The number of aromatic nitrogens is 3. The van der Waals surface area contributed by atoms with E-state index >= 15 is 0 Å². The number of anilines is 1. The molecule has 0 spiro atoms. The number of esters is 1. The molecule has 0 fully saturated rings. The molecule has 2 heterocycles. The third-order valence-corrected chi connectivity index (χ3v) is 7.75. The SMILES string of the molecule is CCCCSc1nc2n(n1)C(c1cc(Br)c(OCc3ccc(Cl)cc3)c(OC)c1)C(C(=O)OC(C)C)=C(C)N2. The summed E-state index contributed by atoms with van der Waals surface area (Å²) in [7, 11) is 1.58. The van der Waals surface area contributed by atoms with Crippen LogP contribution in [-0.2, 0) is 16.1 Å². The summed E-state index contributed by atoms with van der Waals surface area (Å²) in [5.41, 5.74) is 2.85. The molecule has 39 heavy (non-hydrogen) atoms. The highest BCUT2D eigenvalue weighted by Crippen LogP contribution is 2.43. The number of hydrogen-bond donors (Lipinski definition) is 1. The molecule has 0 saturated carbocycles. The minimum absolute atomic E-state index is 0.277. The number of benzene rings is 2. The molecule has 0 bridgehead atoms. The van der Waals surface area contributed by atoms with E-state index in [1.54, 1.807) is 23.6 Å². The lowest BCUT2D eigenvalue weighted by atomic mass is 9.95. The highest BCUT2D eigenvalue weighted by molar-refractivity contribution is 9.10. The van der Waals surface area contributed by atoms with Crippen LogP contribution in [-0.4, -0.2) is 39.7 Å². The summed E-state index contributed by atoms with van der Waals surface area (Å²) < 4.78 is 19.9. The van der Waals surface area contributed by atoms with Gasteiger partial charge in [-0.05, 0) is 78.5 Å². The van der Waals surface area contributed by atoms with Crippen LogP contribution < -0.4 is 14.8 Å². The van der Waals surface area contributed by atoms with Crippen LogP contribution in [0, 0.1) is 0 Å². The first kappa shape index (κ1) is 29.3. The predicted molar refractivity (Wildman–Crippen MR) is 158 cm³/mol. The number of carbonyl (C=O) groups is 1. The van der Waals surface area contributed by atoms with Gasteiger partial charge in [0.2, 0.25) is 11.1 Å². The Hall–Kier alpha value is -2.69. The molecule has 4 rings (SSSR count). The standard InChI is InChI=1S/C28H32BrClN4O4S/c1-6-7-12-39-28-32-27-31-17(4)23(26(35)38-16(2)3)24(34(27)33-28)19-13-21(29)25(22(14-19)36-5)37-15-18-8-10-20(30)11-9-18/h8-11,13-14,16,24H,6-7,12,15H2,1-5H3,(H,31,32,33). The highest BCUT2D eigenvalue weighted by Gasteiger charge is 2.36. The van der Waals surface area contributed by atoms with Crippen LogP contribution in [0.2, 0.25) is 5.02 Å². The summed E-state index contributed by atoms with van der Waals surface area (Å²) in [4.78, 5) is 18.1. The van der Waals surface area contributed by atoms with E-state index in [-0.39, 0.29) is 6.10 Å². The van der Waals surface area contributed by atoms with E-state index in [2.05, 4.69) is 28.2 Å². The maximum absolute atomic E-state index is 13.4. The minimum Gasteiger partial charge on any atom is -0.493 e. The van der Waals surface area contributed by atoms with Crippen molar-refractivity contribution in [3.63, 3.8) is 0 Å². The maximum Gasteiger partial charge on any atom is 0.338 e. The van der Waals surface area contributed by atoms with Gasteiger partial charge in [0.1, 0.15) is 12.6 Å². The van der Waals surface area contributed by atoms with Gasteiger partial charge >= 0.3 is 5.97 Å². The molecule has 1 unspecified atom stereocenters. The van der Waals surface area contributed by atoms with Crippen molar-refractivity contribution in [3.8, 4) is 11.5 Å². The fraction of sp³-hybridized carbons (Fsp3) is 0.393. The molecule has 1 N–H and O–H groups in total. The van der Waals surface area contributed by atoms with Gasteiger partial charge in [0.05, 0.1) is 23.3 Å². The van der Waals surface area contributed by atoms with Gasteiger partial charge in [0, 0.05) is 16.5 Å². The van der Waals surface area contributed by atoms with E-state index < -0.39 is 12.0 Å². The molecule has 2 aromatic carbocycles. The summed E-state index contributed by atoms with van der Waals surface area (Å²) in [6.07, 6.45) is 1.88. The van der Waals surface area contributed by atoms with Crippen molar-refractivity contribution < 1.29 is 19.0 Å². The number of methoxy groups -OCH3 is 1. The number of thioether (sulfide) groups is 1. The van der Waals surface area contributed by atoms with Crippen LogP contribution in [0.4, 0.5) is 5.95 Å². The first-order chi connectivity index (χ1) is 18.7. The normalized spacial score (nSPS) is 14.7. The van der Waals surface area contributed by atoms with Crippen molar-refractivity contribution >= 4 is 51.2 Å². The van der Waals surface area contributed by atoms with Gasteiger partial charge in [0.25, 0.3) is 0 Å². The second kappa shape index (κ2) is 13.1. The summed E-state index contributed by atoms with van der Waals surface area (Å²) in [6.45, 7) is 7.98. The molecule has 0 amide bonds. The van der Waals surface area contributed by atoms with Gasteiger partial charge in [0.15, 0.2) is 11.5 Å². The Morgan fingerprint density at radius 1 is 1.26 bits per heavy atom. The van der Waals surface area contributed by atoms with Crippen LogP contribution in [0.25, 0.3) is 0 Å². The average molecular weight is 636 g/mol. The molecule has 0 saturated heterocycles. The number of nitrogens with zero attached hydrogens (tertiary/aromatic N) is 3. The third kappa shape index (κ3) is 6.91. The van der Waals surface area contributed by atoms with Crippen molar-refractivity contribution in [2.45, 2.75) is 64.4 Å². The number of fused-ring (bicyclic) bond motifs is 1. The van der Waals surface area contributed by atoms with Gasteiger partial charge in [-0.1, -0.05) is 48.8 Å². The van der Waals surface area contributed by atoms with Gasteiger partial charge in [-0.3, -0.25) is 0 Å². The van der Waals surface area contributed by atoms with Crippen molar-refractivity contribution in [1.29, 1.82) is 0 Å². The lowest BCUT2D eigenvalue weighted by molar-refractivity contribution is -0.143. The van der Waals surface area contributed by atoms with Crippen molar-refractivity contribution in [3.05, 3.63) is 68.3 Å². The fourth-order valence-electron chi connectivity index (χ4n) is 4.12. The van der Waals surface area contributed by atoms with E-state index in [9.17, 15) is 4.79 Å². The van der Waals surface area contributed by atoms with Crippen molar-refractivity contribution in [2.75, 3.05) is 18.2 Å². The molecule has 1 aromatic heterocycles. The second-order valence-electron chi connectivity index (χ2n) is 9.33. The maximum atomic E-state index is 13.4. The lowest BCUT2D eigenvalue weighted by Gasteiger charge is -2.29. The van der Waals surface area contributed by atoms with Crippen molar-refractivity contribution in [1.82, 2.24) is 14.8 Å². The molecule has 8 nitrogen and oxygen atoms in total. The Labute approximate surface area is 246 Å². The van der Waals surface area contributed by atoms with Gasteiger partial charge in [-0.15, -0.1) is 5.10 Å². The van der Waals surface area contributed by atoms with Crippen LogP contribution in [0.1, 0.15) is 57.7 Å². The van der Waals surface area contributed by atoms with Gasteiger partial charge < -0.3 is 19.5 Å². The Bertz CT molecular complexity index is 1360. The molecular formula is C28H32BrClN4O4S. The summed E-state index contributed by atoms with van der Waals surface area (Å²) in [6, 6.07) is 10.7. The molecular weight excluding hydrogens is 604 g/mol. The topological polar surface area (TPSA) is 87.5 Å². The first-order valence-corrected chi connectivity index (χ1v) is 14.9. The van der Waals surface area contributed by atoms with E-state index in [1.807, 2.05) is 57.2 Å². The minimum atomic E-state index is -0.587. The Balaban J connectivity index is 1.74. The zero-order chi connectivity index (χ0) is 28.1. The number of hydrogen-bond acceptors (Lipinski definition) is 8. The van der Waals surface area contributed by atoms with Gasteiger partial charge in [-0.25, -0.2) is 9.48 Å². The average Bonchev–Trinajstić information content (AvgIpc) is 3.29. The molecule has 1 aliphatic heterocycles. The number of halogens is 2. The third-order valence-electron chi connectivity index (χ3n) is 5.99. The number of unbranched alkanes of at least 4 members (excludes halogenated alkanes) is 1. The molecule has 0 radical (unpaired) electrons. The largest absolute Gasteiger partial charge is 0.493 e. The monoisotopic (exact) mass is 634 g/mol. The molecule has 1 atom stereocenters. The van der Waals surface area contributed by atoms with Crippen LogP contribution in [0.15, 0.2) is 57.3 Å². The molecule has 0 aliphatic carbocycles. The second-order valence-corrected chi connectivity index (χ2v) is 11.7. The number of rotatable bonds is 11. The molecule has 1 aliphatic rings. The van der Waals surface area contributed by atoms with E-state index in [0.29, 0.717) is 50.0 Å². The molecule has 11 heteroatoms. The van der Waals surface area contributed by atoms with Crippen LogP contribution in [0.3, 0.4) is 0 Å². The first-order valence-electron chi connectivity index (χ1n) is 12.7. The lowest BCUT2D eigenvalue weighted by Crippen LogP contribution is -2.30. The quantitative estimate of drug-likeness (QED) is 0.132.